The highest BCUT2D eigenvalue weighted by Gasteiger charge is 2.23. The second kappa shape index (κ2) is 6.15. The maximum Gasteiger partial charge on any atom is 0.331 e. The highest BCUT2D eigenvalue weighted by atomic mass is 79.9. The molecular formula is C13H9BrFNO3S. The first-order valence-corrected chi connectivity index (χ1v) is 7.18. The minimum absolute atomic E-state index is 0.146. The maximum atomic E-state index is 13.1. The molecule has 0 saturated heterocycles. The van der Waals surface area contributed by atoms with Crippen molar-refractivity contribution in [3.63, 3.8) is 0 Å². The first-order valence-electron chi connectivity index (χ1n) is 5.51. The molecule has 2 aromatic rings. The summed E-state index contributed by atoms with van der Waals surface area (Å²) in [5, 5.41) is 13.3. The average molecular weight is 358 g/mol. The Morgan fingerprint density at radius 1 is 1.35 bits per heavy atom. The predicted octanol–water partition coefficient (Wildman–Crippen LogP) is 3.21. The zero-order chi connectivity index (χ0) is 14.7. The Kier molecular flexibility index (Phi) is 4.51. The number of carboxylic acid groups (broad SMARTS) is 1. The van der Waals surface area contributed by atoms with Crippen LogP contribution in [-0.4, -0.2) is 17.0 Å². The van der Waals surface area contributed by atoms with Gasteiger partial charge in [0.15, 0.2) is 6.04 Å². The lowest BCUT2D eigenvalue weighted by molar-refractivity contribution is -0.139. The smallest absolute Gasteiger partial charge is 0.331 e. The van der Waals surface area contributed by atoms with Gasteiger partial charge in [-0.3, -0.25) is 4.79 Å². The minimum Gasteiger partial charge on any atom is -0.479 e. The molecule has 20 heavy (non-hydrogen) atoms. The Balaban J connectivity index is 2.20. The molecule has 0 bridgehead atoms. The van der Waals surface area contributed by atoms with E-state index in [-0.39, 0.29) is 10.0 Å². The largest absolute Gasteiger partial charge is 0.479 e. The summed E-state index contributed by atoms with van der Waals surface area (Å²) >= 11 is 4.22. The van der Waals surface area contributed by atoms with Crippen molar-refractivity contribution in [3.05, 3.63) is 56.4 Å². The Bertz CT molecular complexity index is 645. The van der Waals surface area contributed by atoms with Crippen molar-refractivity contribution in [3.8, 4) is 0 Å². The van der Waals surface area contributed by atoms with Gasteiger partial charge in [0.25, 0.3) is 5.91 Å². The van der Waals surface area contributed by atoms with Gasteiger partial charge >= 0.3 is 5.97 Å². The van der Waals surface area contributed by atoms with E-state index >= 15 is 0 Å². The number of hydrogen-bond donors (Lipinski definition) is 2. The van der Waals surface area contributed by atoms with Crippen molar-refractivity contribution in [1.29, 1.82) is 0 Å². The van der Waals surface area contributed by atoms with E-state index in [1.165, 1.54) is 23.5 Å². The lowest BCUT2D eigenvalue weighted by Crippen LogP contribution is -2.33. The molecule has 1 amide bonds. The van der Waals surface area contributed by atoms with Crippen molar-refractivity contribution in [2.75, 3.05) is 0 Å². The normalized spacial score (nSPS) is 11.9. The number of carbonyl (C=O) groups excluding carboxylic acids is 1. The molecule has 0 saturated carbocycles. The molecule has 1 aromatic carbocycles. The van der Waals surface area contributed by atoms with E-state index in [0.29, 0.717) is 4.88 Å². The van der Waals surface area contributed by atoms with Gasteiger partial charge in [0.1, 0.15) is 5.82 Å². The molecule has 0 aliphatic rings. The monoisotopic (exact) mass is 357 g/mol. The topological polar surface area (TPSA) is 66.4 Å². The van der Waals surface area contributed by atoms with Crippen molar-refractivity contribution in [2.45, 2.75) is 6.04 Å². The fourth-order valence-corrected chi connectivity index (χ4v) is 2.71. The maximum absolute atomic E-state index is 13.1. The van der Waals surface area contributed by atoms with Crippen LogP contribution in [0.5, 0.6) is 0 Å². The van der Waals surface area contributed by atoms with Gasteiger partial charge in [-0.05, 0) is 45.6 Å². The number of hydrogen-bond acceptors (Lipinski definition) is 3. The fraction of sp³-hybridized carbons (Fsp3) is 0.0769. The van der Waals surface area contributed by atoms with Crippen LogP contribution in [0.15, 0.2) is 40.2 Å². The summed E-state index contributed by atoms with van der Waals surface area (Å²) in [5.41, 5.74) is 0.182. The summed E-state index contributed by atoms with van der Waals surface area (Å²) in [6.07, 6.45) is 0. The Morgan fingerprint density at radius 2 is 2.10 bits per heavy atom. The van der Waals surface area contributed by atoms with Crippen LogP contribution in [0.1, 0.15) is 21.3 Å². The third-order valence-electron chi connectivity index (χ3n) is 2.53. The molecule has 0 aliphatic carbocycles. The van der Waals surface area contributed by atoms with Gasteiger partial charge in [-0.25, -0.2) is 9.18 Å². The summed E-state index contributed by atoms with van der Waals surface area (Å²) in [6.45, 7) is 0. The van der Waals surface area contributed by atoms with E-state index in [1.54, 1.807) is 17.5 Å². The molecule has 2 rings (SSSR count). The molecular weight excluding hydrogens is 349 g/mol. The van der Waals surface area contributed by atoms with Gasteiger partial charge < -0.3 is 10.4 Å². The van der Waals surface area contributed by atoms with Gasteiger partial charge in [-0.15, -0.1) is 11.3 Å². The Morgan fingerprint density at radius 3 is 2.65 bits per heavy atom. The quantitative estimate of drug-likeness (QED) is 0.882. The van der Waals surface area contributed by atoms with Crippen LogP contribution in [-0.2, 0) is 4.79 Å². The van der Waals surface area contributed by atoms with Crippen LogP contribution in [0.2, 0.25) is 0 Å². The van der Waals surface area contributed by atoms with Crippen molar-refractivity contribution >= 4 is 39.1 Å². The van der Waals surface area contributed by atoms with E-state index in [2.05, 4.69) is 21.2 Å². The lowest BCUT2D eigenvalue weighted by Gasteiger charge is -2.13. The highest BCUT2D eigenvalue weighted by molar-refractivity contribution is 9.10. The molecule has 104 valence electrons. The molecule has 0 radical (unpaired) electrons. The molecule has 2 N–H and O–H groups in total. The minimum atomic E-state index is -1.15. The molecule has 1 heterocycles. The van der Waals surface area contributed by atoms with E-state index in [4.69, 9.17) is 5.11 Å². The fourth-order valence-electron chi connectivity index (χ4n) is 1.56. The zero-order valence-corrected chi connectivity index (χ0v) is 12.4. The molecule has 1 unspecified atom stereocenters. The van der Waals surface area contributed by atoms with Crippen LogP contribution in [0, 0.1) is 5.82 Å². The van der Waals surface area contributed by atoms with Crippen LogP contribution < -0.4 is 5.32 Å². The molecule has 0 fully saturated rings. The van der Waals surface area contributed by atoms with Crippen LogP contribution in [0.25, 0.3) is 0 Å². The van der Waals surface area contributed by atoms with Crippen molar-refractivity contribution in [2.24, 2.45) is 0 Å². The average Bonchev–Trinajstić information content (AvgIpc) is 2.92. The summed E-state index contributed by atoms with van der Waals surface area (Å²) in [6, 6.07) is 5.95. The SMILES string of the molecule is O=C(NC(C(=O)O)c1cccs1)c1ccc(F)c(Br)c1. The Labute approximate surface area is 126 Å². The first-order chi connectivity index (χ1) is 9.49. The van der Waals surface area contributed by atoms with Gasteiger partial charge in [0, 0.05) is 10.4 Å². The third-order valence-corrected chi connectivity index (χ3v) is 4.08. The molecule has 1 atom stereocenters. The zero-order valence-electron chi connectivity index (χ0n) is 9.97. The van der Waals surface area contributed by atoms with E-state index in [9.17, 15) is 14.0 Å². The molecule has 7 heteroatoms. The number of rotatable bonds is 4. The predicted molar refractivity (Wildman–Crippen MR) is 76.3 cm³/mol. The summed E-state index contributed by atoms with van der Waals surface area (Å²) in [5.74, 6) is -2.22. The first kappa shape index (κ1) is 14.7. The second-order valence-electron chi connectivity index (χ2n) is 3.89. The third kappa shape index (κ3) is 3.23. The van der Waals surface area contributed by atoms with Gasteiger partial charge in [-0.1, -0.05) is 6.07 Å². The number of carbonyl (C=O) groups is 2. The van der Waals surface area contributed by atoms with Crippen LogP contribution in [0.3, 0.4) is 0 Å². The van der Waals surface area contributed by atoms with Gasteiger partial charge in [0.2, 0.25) is 0 Å². The Hall–Kier alpha value is -1.73. The van der Waals surface area contributed by atoms with E-state index in [0.717, 1.165) is 6.07 Å². The molecule has 1 aromatic heterocycles. The summed E-state index contributed by atoms with van der Waals surface area (Å²) in [7, 11) is 0. The number of benzene rings is 1. The van der Waals surface area contributed by atoms with Crippen LogP contribution in [0.4, 0.5) is 4.39 Å². The van der Waals surface area contributed by atoms with Crippen LogP contribution >= 0.6 is 27.3 Å². The number of aliphatic carboxylic acids is 1. The number of nitrogens with one attached hydrogen (secondary N) is 1. The number of thiophene rings is 1. The highest BCUT2D eigenvalue weighted by Crippen LogP contribution is 2.21. The second-order valence-corrected chi connectivity index (χ2v) is 5.72. The molecule has 0 aliphatic heterocycles. The van der Waals surface area contributed by atoms with Gasteiger partial charge in [0.05, 0.1) is 4.47 Å². The summed E-state index contributed by atoms with van der Waals surface area (Å²) in [4.78, 5) is 23.7. The molecule has 4 nitrogen and oxygen atoms in total. The number of amides is 1. The number of carboxylic acids is 1. The standard InChI is InChI=1S/C13H9BrFNO3S/c14-8-6-7(3-4-9(8)15)12(17)16-11(13(18)19)10-2-1-5-20-10/h1-6,11H,(H,16,17)(H,18,19). The summed E-state index contributed by atoms with van der Waals surface area (Å²) < 4.78 is 13.3. The van der Waals surface area contributed by atoms with E-state index in [1.807, 2.05) is 0 Å². The van der Waals surface area contributed by atoms with Crippen molar-refractivity contribution < 1.29 is 19.1 Å². The number of halogens is 2. The lowest BCUT2D eigenvalue weighted by atomic mass is 10.1. The van der Waals surface area contributed by atoms with Gasteiger partial charge in [-0.2, -0.15) is 0 Å². The van der Waals surface area contributed by atoms with Crippen molar-refractivity contribution in [1.82, 2.24) is 5.32 Å². The molecule has 0 spiro atoms. The van der Waals surface area contributed by atoms with E-state index < -0.39 is 23.7 Å².